The fourth-order valence-electron chi connectivity index (χ4n) is 1.67. The highest BCUT2D eigenvalue weighted by Gasteiger charge is 2.11. The van der Waals surface area contributed by atoms with Gasteiger partial charge in [-0.2, -0.15) is 0 Å². The molecule has 100 valence electrons. The van der Waals surface area contributed by atoms with Crippen LogP contribution < -0.4 is 5.73 Å². The van der Waals surface area contributed by atoms with E-state index in [1.807, 2.05) is 26.1 Å². The van der Waals surface area contributed by atoms with E-state index in [0.717, 1.165) is 12.1 Å². The van der Waals surface area contributed by atoms with Crippen LogP contribution in [-0.4, -0.2) is 29.5 Å². The van der Waals surface area contributed by atoms with Crippen molar-refractivity contribution in [3.8, 4) is 0 Å². The van der Waals surface area contributed by atoms with E-state index in [2.05, 4.69) is 10.1 Å². The topological polar surface area (TPSA) is 61.8 Å². The molecular formula is C12H17Cl2N3O. The van der Waals surface area contributed by atoms with E-state index in [1.165, 1.54) is 0 Å². The van der Waals surface area contributed by atoms with Crippen molar-refractivity contribution in [1.29, 1.82) is 0 Å². The predicted octanol–water partition coefficient (Wildman–Crippen LogP) is 2.81. The first-order chi connectivity index (χ1) is 8.43. The summed E-state index contributed by atoms with van der Waals surface area (Å²) in [5.74, 6) is 0.221. The lowest BCUT2D eigenvalue weighted by molar-refractivity contribution is 0.290. The van der Waals surface area contributed by atoms with Crippen molar-refractivity contribution >= 4 is 29.0 Å². The average Bonchev–Trinajstić information content (AvgIpc) is 2.32. The normalized spacial score (nSPS) is 13.9. The highest BCUT2D eigenvalue weighted by Crippen LogP contribution is 2.23. The van der Waals surface area contributed by atoms with Gasteiger partial charge in [0.05, 0.1) is 10.0 Å². The maximum absolute atomic E-state index is 8.59. The molecule has 0 spiro atoms. The molecule has 0 saturated carbocycles. The first kappa shape index (κ1) is 15.1. The number of hydrogen-bond acceptors (Lipinski definition) is 3. The SMILES string of the molecule is CC(CN(C)Cc1ccc(Cl)c(Cl)c1)C(N)=NO. The van der Waals surface area contributed by atoms with E-state index in [0.29, 0.717) is 16.6 Å². The summed E-state index contributed by atoms with van der Waals surface area (Å²) in [6.07, 6.45) is 0. The summed E-state index contributed by atoms with van der Waals surface area (Å²) in [6, 6.07) is 5.55. The second-order valence-corrected chi connectivity index (χ2v) is 5.19. The monoisotopic (exact) mass is 289 g/mol. The summed E-state index contributed by atoms with van der Waals surface area (Å²) in [7, 11) is 1.96. The summed E-state index contributed by atoms with van der Waals surface area (Å²) in [5, 5.41) is 12.7. The first-order valence-corrected chi connectivity index (χ1v) is 6.29. The summed E-state index contributed by atoms with van der Waals surface area (Å²) in [4.78, 5) is 2.07. The van der Waals surface area contributed by atoms with E-state index in [9.17, 15) is 0 Å². The molecule has 0 bridgehead atoms. The molecule has 1 unspecified atom stereocenters. The van der Waals surface area contributed by atoms with Crippen molar-refractivity contribution in [3.05, 3.63) is 33.8 Å². The van der Waals surface area contributed by atoms with Gasteiger partial charge in [0.25, 0.3) is 0 Å². The van der Waals surface area contributed by atoms with Crippen LogP contribution in [0.2, 0.25) is 10.0 Å². The van der Waals surface area contributed by atoms with Gasteiger partial charge in [0, 0.05) is 19.0 Å². The lowest BCUT2D eigenvalue weighted by Crippen LogP contribution is -2.32. The van der Waals surface area contributed by atoms with Crippen LogP contribution in [0.4, 0.5) is 0 Å². The second kappa shape index (κ2) is 6.83. The summed E-state index contributed by atoms with van der Waals surface area (Å²) in [5.41, 5.74) is 6.61. The van der Waals surface area contributed by atoms with E-state index in [4.69, 9.17) is 34.1 Å². The molecule has 3 N–H and O–H groups in total. The zero-order valence-electron chi connectivity index (χ0n) is 10.4. The minimum atomic E-state index is -0.0113. The van der Waals surface area contributed by atoms with Crippen LogP contribution in [-0.2, 0) is 6.54 Å². The molecule has 1 rings (SSSR count). The molecular weight excluding hydrogens is 273 g/mol. The average molecular weight is 290 g/mol. The molecule has 0 aliphatic carbocycles. The Bertz CT molecular complexity index is 437. The molecule has 0 aliphatic heterocycles. The summed E-state index contributed by atoms with van der Waals surface area (Å²) in [6.45, 7) is 3.32. The molecule has 4 nitrogen and oxygen atoms in total. The molecule has 0 radical (unpaired) electrons. The highest BCUT2D eigenvalue weighted by atomic mass is 35.5. The third-order valence-electron chi connectivity index (χ3n) is 2.64. The smallest absolute Gasteiger partial charge is 0.143 e. The van der Waals surface area contributed by atoms with E-state index >= 15 is 0 Å². The minimum Gasteiger partial charge on any atom is -0.409 e. The third-order valence-corrected chi connectivity index (χ3v) is 3.38. The Hall–Kier alpha value is -0.970. The van der Waals surface area contributed by atoms with Gasteiger partial charge in [-0.05, 0) is 24.7 Å². The van der Waals surface area contributed by atoms with Gasteiger partial charge in [-0.3, -0.25) is 0 Å². The molecule has 0 saturated heterocycles. The number of nitrogens with two attached hydrogens (primary N) is 1. The summed E-state index contributed by atoms with van der Waals surface area (Å²) >= 11 is 11.8. The van der Waals surface area contributed by atoms with Crippen molar-refractivity contribution < 1.29 is 5.21 Å². The fraction of sp³-hybridized carbons (Fsp3) is 0.417. The number of nitrogens with zero attached hydrogens (tertiary/aromatic N) is 2. The van der Waals surface area contributed by atoms with Gasteiger partial charge < -0.3 is 15.8 Å². The van der Waals surface area contributed by atoms with Gasteiger partial charge in [0.2, 0.25) is 0 Å². The summed E-state index contributed by atoms with van der Waals surface area (Å²) < 4.78 is 0. The molecule has 1 aromatic rings. The van der Waals surface area contributed by atoms with Crippen molar-refractivity contribution in [3.63, 3.8) is 0 Å². The standard InChI is InChI=1S/C12H17Cl2N3O/c1-8(12(15)16-18)6-17(2)7-9-3-4-10(13)11(14)5-9/h3-5,8,18H,6-7H2,1-2H3,(H2,15,16). The molecule has 0 aliphatic rings. The Morgan fingerprint density at radius 3 is 2.67 bits per heavy atom. The molecule has 1 aromatic carbocycles. The van der Waals surface area contributed by atoms with E-state index in [1.54, 1.807) is 6.07 Å². The van der Waals surface area contributed by atoms with Crippen LogP contribution in [0.25, 0.3) is 0 Å². The number of amidine groups is 1. The molecule has 18 heavy (non-hydrogen) atoms. The second-order valence-electron chi connectivity index (χ2n) is 4.37. The molecule has 1 atom stereocenters. The molecule has 0 fully saturated rings. The van der Waals surface area contributed by atoms with Crippen LogP contribution in [0, 0.1) is 5.92 Å². The van der Waals surface area contributed by atoms with Crippen LogP contribution in [0.1, 0.15) is 12.5 Å². The maximum atomic E-state index is 8.59. The van der Waals surface area contributed by atoms with Gasteiger partial charge in [0.1, 0.15) is 5.84 Å². The van der Waals surface area contributed by atoms with Gasteiger partial charge in [0.15, 0.2) is 0 Å². The van der Waals surface area contributed by atoms with Gasteiger partial charge in [-0.15, -0.1) is 0 Å². The highest BCUT2D eigenvalue weighted by molar-refractivity contribution is 6.42. The Morgan fingerprint density at radius 1 is 1.44 bits per heavy atom. The fourth-order valence-corrected chi connectivity index (χ4v) is 1.99. The molecule has 0 aromatic heterocycles. The number of halogens is 2. The Morgan fingerprint density at radius 2 is 2.11 bits per heavy atom. The largest absolute Gasteiger partial charge is 0.409 e. The minimum absolute atomic E-state index is 0.0113. The van der Waals surface area contributed by atoms with E-state index < -0.39 is 0 Å². The quantitative estimate of drug-likeness (QED) is 0.379. The first-order valence-electron chi connectivity index (χ1n) is 5.54. The van der Waals surface area contributed by atoms with Crippen molar-refractivity contribution in [1.82, 2.24) is 4.90 Å². The van der Waals surface area contributed by atoms with Crippen LogP contribution >= 0.6 is 23.2 Å². The van der Waals surface area contributed by atoms with Gasteiger partial charge in [-0.1, -0.05) is 41.3 Å². The van der Waals surface area contributed by atoms with Gasteiger partial charge in [-0.25, -0.2) is 0 Å². The Kier molecular flexibility index (Phi) is 5.72. The van der Waals surface area contributed by atoms with E-state index in [-0.39, 0.29) is 11.8 Å². The zero-order chi connectivity index (χ0) is 13.7. The van der Waals surface area contributed by atoms with Crippen molar-refractivity contribution in [2.45, 2.75) is 13.5 Å². The molecule has 0 heterocycles. The number of oxime groups is 1. The molecule has 0 amide bonds. The lowest BCUT2D eigenvalue weighted by Gasteiger charge is -2.20. The zero-order valence-corrected chi connectivity index (χ0v) is 11.9. The third kappa shape index (κ3) is 4.37. The van der Waals surface area contributed by atoms with Crippen molar-refractivity contribution in [2.75, 3.05) is 13.6 Å². The van der Waals surface area contributed by atoms with Crippen molar-refractivity contribution in [2.24, 2.45) is 16.8 Å². The molecule has 6 heteroatoms. The number of hydrogen-bond donors (Lipinski definition) is 2. The maximum Gasteiger partial charge on any atom is 0.143 e. The van der Waals surface area contributed by atoms with Crippen LogP contribution in [0.5, 0.6) is 0 Å². The van der Waals surface area contributed by atoms with Crippen LogP contribution in [0.15, 0.2) is 23.4 Å². The number of rotatable bonds is 5. The number of benzene rings is 1. The van der Waals surface area contributed by atoms with Gasteiger partial charge >= 0.3 is 0 Å². The lowest BCUT2D eigenvalue weighted by atomic mass is 10.1. The van der Waals surface area contributed by atoms with Crippen LogP contribution in [0.3, 0.4) is 0 Å². The predicted molar refractivity (Wildman–Crippen MR) is 75.4 cm³/mol. The Labute approximate surface area is 117 Å². The Balaban J connectivity index is 2.59.